The fourth-order valence-electron chi connectivity index (χ4n) is 3.01. The molecule has 1 saturated heterocycles. The first kappa shape index (κ1) is 16.5. The van der Waals surface area contributed by atoms with Crippen LogP contribution in [0.2, 0.25) is 0 Å². The van der Waals surface area contributed by atoms with E-state index in [1.807, 2.05) is 32.0 Å². The number of nitrogens with one attached hydrogen (secondary N) is 1. The van der Waals surface area contributed by atoms with Crippen LogP contribution in [0.4, 0.5) is 11.4 Å². The highest BCUT2D eigenvalue weighted by atomic mass is 16.5. The van der Waals surface area contributed by atoms with Crippen molar-refractivity contribution in [3.63, 3.8) is 0 Å². The van der Waals surface area contributed by atoms with Gasteiger partial charge >= 0.3 is 0 Å². The molecule has 0 radical (unpaired) electrons. The molecule has 3 rings (SSSR count). The number of benzene rings is 1. The van der Waals surface area contributed by atoms with Gasteiger partial charge in [-0.15, -0.1) is 0 Å². The Balaban J connectivity index is 1.72. The van der Waals surface area contributed by atoms with Crippen LogP contribution in [0.5, 0.6) is 0 Å². The van der Waals surface area contributed by atoms with E-state index in [-0.39, 0.29) is 12.3 Å². The second-order valence-electron chi connectivity index (χ2n) is 6.34. The zero-order chi connectivity index (χ0) is 17.1. The molecule has 24 heavy (non-hydrogen) atoms. The number of likely N-dealkylation sites (N-methyl/N-ethyl adjacent to an activating group) is 1. The van der Waals surface area contributed by atoms with Crippen LogP contribution in [0.1, 0.15) is 17.0 Å². The summed E-state index contributed by atoms with van der Waals surface area (Å²) < 4.78 is 5.13. The number of amides is 1. The predicted octanol–water partition coefficient (Wildman–Crippen LogP) is 2.22. The van der Waals surface area contributed by atoms with Gasteiger partial charge in [0, 0.05) is 31.7 Å². The van der Waals surface area contributed by atoms with Gasteiger partial charge in [-0.3, -0.25) is 4.79 Å². The van der Waals surface area contributed by atoms with Crippen LogP contribution >= 0.6 is 0 Å². The highest BCUT2D eigenvalue weighted by molar-refractivity contribution is 5.95. The molecule has 1 N–H and O–H groups in total. The molecule has 1 aliphatic rings. The molecule has 0 unspecified atom stereocenters. The molecule has 1 amide bonds. The van der Waals surface area contributed by atoms with Gasteiger partial charge in [0.25, 0.3) is 0 Å². The van der Waals surface area contributed by atoms with Crippen molar-refractivity contribution in [1.82, 2.24) is 10.1 Å². The molecular formula is C18H24N4O2. The minimum Gasteiger partial charge on any atom is -0.367 e. The molecule has 6 nitrogen and oxygen atoms in total. The van der Waals surface area contributed by atoms with Gasteiger partial charge in [-0.25, -0.2) is 0 Å². The van der Waals surface area contributed by atoms with Crippen LogP contribution in [0.25, 0.3) is 0 Å². The highest BCUT2D eigenvalue weighted by Gasteiger charge is 2.19. The molecule has 1 fully saturated rings. The van der Waals surface area contributed by atoms with Crippen LogP contribution in [-0.4, -0.2) is 49.2 Å². The second-order valence-corrected chi connectivity index (χ2v) is 6.34. The molecule has 1 aromatic carbocycles. The minimum absolute atomic E-state index is 0.0500. The van der Waals surface area contributed by atoms with Crippen molar-refractivity contribution < 1.29 is 9.32 Å². The molecule has 0 bridgehead atoms. The minimum atomic E-state index is -0.0500. The van der Waals surface area contributed by atoms with Crippen molar-refractivity contribution in [1.29, 1.82) is 0 Å². The van der Waals surface area contributed by atoms with Gasteiger partial charge in [-0.2, -0.15) is 0 Å². The summed E-state index contributed by atoms with van der Waals surface area (Å²) in [5, 5.41) is 6.95. The summed E-state index contributed by atoms with van der Waals surface area (Å²) in [5.74, 6) is 0.654. The predicted molar refractivity (Wildman–Crippen MR) is 94.5 cm³/mol. The standard InChI is InChI=1S/C18H24N4O2/c1-13-15(14(2)24-20-13)12-18(23)19-16-6-4-5-7-17(16)22-10-8-21(3)9-11-22/h4-7H,8-12H2,1-3H3,(H,19,23). The molecule has 0 aliphatic carbocycles. The second kappa shape index (κ2) is 7.05. The zero-order valence-electron chi connectivity index (χ0n) is 14.5. The van der Waals surface area contributed by atoms with E-state index in [1.54, 1.807) is 0 Å². The maximum atomic E-state index is 12.5. The van der Waals surface area contributed by atoms with Gasteiger partial charge in [-0.1, -0.05) is 17.3 Å². The zero-order valence-corrected chi connectivity index (χ0v) is 14.5. The first-order valence-electron chi connectivity index (χ1n) is 8.28. The van der Waals surface area contributed by atoms with E-state index in [0.29, 0.717) is 5.76 Å². The SMILES string of the molecule is Cc1noc(C)c1CC(=O)Nc1ccccc1N1CCN(C)CC1. The van der Waals surface area contributed by atoms with Crippen molar-refractivity contribution in [3.05, 3.63) is 41.3 Å². The maximum absolute atomic E-state index is 12.5. The number of anilines is 2. The van der Waals surface area contributed by atoms with Gasteiger partial charge in [0.1, 0.15) is 5.76 Å². The molecule has 1 aromatic heterocycles. The number of aromatic nitrogens is 1. The summed E-state index contributed by atoms with van der Waals surface area (Å²) in [7, 11) is 2.13. The average Bonchev–Trinajstić information content (AvgIpc) is 2.88. The molecule has 128 valence electrons. The Hall–Kier alpha value is -2.34. The van der Waals surface area contributed by atoms with Gasteiger partial charge in [-0.05, 0) is 33.0 Å². The van der Waals surface area contributed by atoms with E-state index in [2.05, 4.69) is 33.4 Å². The summed E-state index contributed by atoms with van der Waals surface area (Å²) >= 11 is 0. The lowest BCUT2D eigenvalue weighted by Crippen LogP contribution is -2.44. The lowest BCUT2D eigenvalue weighted by molar-refractivity contribution is -0.115. The maximum Gasteiger partial charge on any atom is 0.229 e. The van der Waals surface area contributed by atoms with Crippen molar-refractivity contribution in [2.24, 2.45) is 0 Å². The van der Waals surface area contributed by atoms with Gasteiger partial charge in [0.15, 0.2) is 0 Å². The third-order valence-electron chi connectivity index (χ3n) is 4.54. The van der Waals surface area contributed by atoms with E-state index in [4.69, 9.17) is 4.52 Å². The van der Waals surface area contributed by atoms with Gasteiger partial charge in [0.2, 0.25) is 5.91 Å². The van der Waals surface area contributed by atoms with Crippen molar-refractivity contribution in [2.45, 2.75) is 20.3 Å². The molecule has 6 heteroatoms. The fourth-order valence-corrected chi connectivity index (χ4v) is 3.01. The van der Waals surface area contributed by atoms with Gasteiger partial charge < -0.3 is 19.6 Å². The molecule has 1 aliphatic heterocycles. The highest BCUT2D eigenvalue weighted by Crippen LogP contribution is 2.27. The Labute approximate surface area is 142 Å². The summed E-state index contributed by atoms with van der Waals surface area (Å²) in [6.07, 6.45) is 0.276. The Kier molecular flexibility index (Phi) is 4.85. The van der Waals surface area contributed by atoms with Crippen molar-refractivity contribution in [3.8, 4) is 0 Å². The summed E-state index contributed by atoms with van der Waals surface area (Å²) in [4.78, 5) is 17.1. The first-order chi connectivity index (χ1) is 11.5. The first-order valence-corrected chi connectivity index (χ1v) is 8.28. The van der Waals surface area contributed by atoms with Crippen LogP contribution in [0.15, 0.2) is 28.8 Å². The van der Waals surface area contributed by atoms with Crippen LogP contribution in [0.3, 0.4) is 0 Å². The topological polar surface area (TPSA) is 61.6 Å². The van der Waals surface area contributed by atoms with E-state index >= 15 is 0 Å². The van der Waals surface area contributed by atoms with E-state index in [1.165, 1.54) is 0 Å². The van der Waals surface area contributed by atoms with Crippen LogP contribution < -0.4 is 10.2 Å². The lowest BCUT2D eigenvalue weighted by Gasteiger charge is -2.35. The van der Waals surface area contributed by atoms with Crippen molar-refractivity contribution >= 4 is 17.3 Å². The number of rotatable bonds is 4. The third kappa shape index (κ3) is 3.59. The largest absolute Gasteiger partial charge is 0.367 e. The quantitative estimate of drug-likeness (QED) is 0.932. The Bertz CT molecular complexity index is 698. The van der Waals surface area contributed by atoms with Crippen LogP contribution in [-0.2, 0) is 11.2 Å². The fraction of sp³-hybridized carbons (Fsp3) is 0.444. The molecule has 0 saturated carbocycles. The summed E-state index contributed by atoms with van der Waals surface area (Å²) in [6, 6.07) is 7.98. The average molecular weight is 328 g/mol. The molecule has 0 spiro atoms. The number of para-hydroxylation sites is 2. The molecular weight excluding hydrogens is 304 g/mol. The number of hydrogen-bond acceptors (Lipinski definition) is 5. The normalized spacial score (nSPS) is 15.5. The number of aryl methyl sites for hydroxylation is 2. The lowest BCUT2D eigenvalue weighted by atomic mass is 10.1. The van der Waals surface area contributed by atoms with E-state index in [0.717, 1.165) is 48.8 Å². The summed E-state index contributed by atoms with van der Waals surface area (Å²) in [6.45, 7) is 7.68. The number of hydrogen-bond donors (Lipinski definition) is 1. The Morgan fingerprint density at radius 1 is 1.21 bits per heavy atom. The van der Waals surface area contributed by atoms with E-state index < -0.39 is 0 Å². The van der Waals surface area contributed by atoms with Crippen LogP contribution in [0, 0.1) is 13.8 Å². The summed E-state index contributed by atoms with van der Waals surface area (Å²) in [5.41, 5.74) is 3.58. The monoisotopic (exact) mass is 328 g/mol. The number of nitrogens with zero attached hydrogens (tertiary/aromatic N) is 3. The molecule has 2 aromatic rings. The number of carbonyl (C=O) groups is 1. The van der Waals surface area contributed by atoms with Crippen molar-refractivity contribution in [2.75, 3.05) is 43.4 Å². The van der Waals surface area contributed by atoms with Gasteiger partial charge in [0.05, 0.1) is 23.5 Å². The van der Waals surface area contributed by atoms with E-state index in [9.17, 15) is 4.79 Å². The molecule has 2 heterocycles. The third-order valence-corrected chi connectivity index (χ3v) is 4.54. The Morgan fingerprint density at radius 2 is 1.92 bits per heavy atom. The molecule has 0 atom stereocenters. The Morgan fingerprint density at radius 3 is 2.58 bits per heavy atom. The number of piperazine rings is 1. The number of carbonyl (C=O) groups excluding carboxylic acids is 1. The smallest absolute Gasteiger partial charge is 0.229 e.